The molecule has 1 aliphatic heterocycles. The maximum absolute atomic E-state index is 12.5. The second kappa shape index (κ2) is 10.2. The number of aromatic carboxylic acids is 1. The van der Waals surface area contributed by atoms with Gasteiger partial charge in [-0.15, -0.1) is 0 Å². The topological polar surface area (TPSA) is 89.0 Å². The molecule has 33 heavy (non-hydrogen) atoms. The van der Waals surface area contributed by atoms with E-state index in [1.807, 2.05) is 37.3 Å². The first kappa shape index (κ1) is 22.3. The van der Waals surface area contributed by atoms with Gasteiger partial charge in [0, 0.05) is 43.7 Å². The molecular formula is C26H26N2O5. The van der Waals surface area contributed by atoms with Gasteiger partial charge in [-0.2, -0.15) is 0 Å². The molecule has 2 heterocycles. The molecule has 0 atom stereocenters. The fourth-order valence-corrected chi connectivity index (χ4v) is 3.77. The summed E-state index contributed by atoms with van der Waals surface area (Å²) in [5.41, 5.74) is 3.31. The van der Waals surface area contributed by atoms with E-state index in [1.165, 1.54) is 12.1 Å². The van der Waals surface area contributed by atoms with Crippen molar-refractivity contribution < 1.29 is 24.2 Å². The van der Waals surface area contributed by atoms with Gasteiger partial charge in [-0.3, -0.25) is 4.98 Å². The van der Waals surface area contributed by atoms with Crippen LogP contribution in [0.5, 0.6) is 11.5 Å². The van der Waals surface area contributed by atoms with Gasteiger partial charge in [0.15, 0.2) is 0 Å². The van der Waals surface area contributed by atoms with Gasteiger partial charge in [-0.05, 0) is 61.0 Å². The van der Waals surface area contributed by atoms with E-state index < -0.39 is 5.97 Å². The summed E-state index contributed by atoms with van der Waals surface area (Å²) in [4.78, 5) is 29.7. The van der Waals surface area contributed by atoms with Crippen LogP contribution >= 0.6 is 0 Å². The van der Waals surface area contributed by atoms with Crippen LogP contribution in [0, 0.1) is 6.92 Å². The fraction of sp³-hybridized carbons (Fsp3) is 0.269. The summed E-state index contributed by atoms with van der Waals surface area (Å²) < 4.78 is 11.5. The molecule has 170 valence electrons. The number of benzene rings is 2. The molecular weight excluding hydrogens is 420 g/mol. The van der Waals surface area contributed by atoms with Crippen LogP contribution in [0.15, 0.2) is 66.7 Å². The minimum Gasteiger partial charge on any atom is -0.490 e. The third-order valence-corrected chi connectivity index (χ3v) is 5.56. The number of carbonyl (C=O) groups excluding carboxylic acids is 1. The number of aromatic nitrogens is 1. The summed E-state index contributed by atoms with van der Waals surface area (Å²) >= 11 is 0. The number of nitrogens with zero attached hydrogens (tertiary/aromatic N) is 2. The lowest BCUT2D eigenvalue weighted by atomic mass is 10.1. The molecule has 0 unspecified atom stereocenters. The van der Waals surface area contributed by atoms with Crippen molar-refractivity contribution in [2.45, 2.75) is 32.3 Å². The zero-order valence-corrected chi connectivity index (χ0v) is 18.4. The van der Waals surface area contributed by atoms with E-state index in [2.05, 4.69) is 4.98 Å². The molecule has 0 aliphatic carbocycles. The molecule has 1 fully saturated rings. The lowest BCUT2D eigenvalue weighted by molar-refractivity contribution is 0.0696. The number of pyridine rings is 1. The Morgan fingerprint density at radius 1 is 0.970 bits per heavy atom. The number of hydrogen-bond donors (Lipinski definition) is 1. The highest BCUT2D eigenvalue weighted by Gasteiger charge is 2.25. The van der Waals surface area contributed by atoms with Crippen LogP contribution in [0.3, 0.4) is 0 Å². The number of ether oxygens (including phenoxy) is 2. The average molecular weight is 447 g/mol. The van der Waals surface area contributed by atoms with E-state index in [-0.39, 0.29) is 17.8 Å². The first-order valence-corrected chi connectivity index (χ1v) is 10.9. The van der Waals surface area contributed by atoms with Crippen molar-refractivity contribution in [2.24, 2.45) is 0 Å². The number of amides is 1. The highest BCUT2D eigenvalue weighted by Crippen LogP contribution is 2.21. The van der Waals surface area contributed by atoms with E-state index in [0.717, 1.165) is 23.4 Å². The number of carboxylic acid groups (broad SMARTS) is 1. The summed E-state index contributed by atoms with van der Waals surface area (Å²) in [6.07, 6.45) is 1.69. The van der Waals surface area contributed by atoms with Crippen LogP contribution in [0.1, 0.15) is 40.2 Å². The lowest BCUT2D eigenvalue weighted by Gasteiger charge is -2.31. The second-order valence-corrected chi connectivity index (χ2v) is 8.09. The van der Waals surface area contributed by atoms with Crippen LogP contribution in [0.4, 0.5) is 4.79 Å². The lowest BCUT2D eigenvalue weighted by Crippen LogP contribution is -2.43. The molecule has 0 saturated carbocycles. The predicted molar refractivity (Wildman–Crippen MR) is 123 cm³/mol. The molecule has 7 nitrogen and oxygen atoms in total. The van der Waals surface area contributed by atoms with Crippen molar-refractivity contribution in [3.8, 4) is 11.5 Å². The van der Waals surface area contributed by atoms with Gasteiger partial charge in [0.1, 0.15) is 17.6 Å². The molecule has 1 N–H and O–H groups in total. The first-order chi connectivity index (χ1) is 16.0. The Balaban J connectivity index is 1.24. The van der Waals surface area contributed by atoms with Gasteiger partial charge in [-0.1, -0.05) is 18.2 Å². The van der Waals surface area contributed by atoms with Gasteiger partial charge in [-0.25, -0.2) is 9.59 Å². The van der Waals surface area contributed by atoms with Crippen LogP contribution in [-0.2, 0) is 6.42 Å². The Morgan fingerprint density at radius 3 is 2.27 bits per heavy atom. The first-order valence-electron chi connectivity index (χ1n) is 10.9. The minimum absolute atomic E-state index is 0.0285. The molecule has 1 saturated heterocycles. The summed E-state index contributed by atoms with van der Waals surface area (Å²) in [7, 11) is 0. The molecule has 0 bridgehead atoms. The molecule has 0 radical (unpaired) electrons. The van der Waals surface area contributed by atoms with Gasteiger partial charge in [0.05, 0.1) is 5.56 Å². The van der Waals surface area contributed by atoms with Gasteiger partial charge in [0.2, 0.25) is 0 Å². The minimum atomic E-state index is -0.966. The Kier molecular flexibility index (Phi) is 6.88. The highest BCUT2D eigenvalue weighted by atomic mass is 16.6. The van der Waals surface area contributed by atoms with E-state index in [0.29, 0.717) is 37.4 Å². The molecule has 4 rings (SSSR count). The average Bonchev–Trinajstić information content (AvgIpc) is 2.81. The number of carboxylic acids is 1. The second-order valence-electron chi connectivity index (χ2n) is 8.09. The van der Waals surface area contributed by atoms with E-state index in [9.17, 15) is 9.59 Å². The maximum atomic E-state index is 12.5. The number of carbonyl (C=O) groups is 2. The van der Waals surface area contributed by atoms with E-state index in [4.69, 9.17) is 14.6 Å². The van der Waals surface area contributed by atoms with Crippen molar-refractivity contribution in [3.05, 3.63) is 89.2 Å². The quantitative estimate of drug-likeness (QED) is 0.589. The zero-order valence-electron chi connectivity index (χ0n) is 18.4. The van der Waals surface area contributed by atoms with Crippen molar-refractivity contribution in [3.63, 3.8) is 0 Å². The standard InChI is InChI=1S/C26H26N2O5/c1-18-3-2-4-21(27-18)17-19-5-9-23(10-6-19)33-26(31)28-15-13-24(14-16-28)32-22-11-7-20(8-12-22)25(29)30/h2-12,24H,13-17H2,1H3,(H,29,30). The van der Waals surface area contributed by atoms with Crippen molar-refractivity contribution in [2.75, 3.05) is 13.1 Å². The number of rotatable bonds is 6. The van der Waals surface area contributed by atoms with Crippen molar-refractivity contribution >= 4 is 12.1 Å². The molecule has 0 spiro atoms. The fourth-order valence-electron chi connectivity index (χ4n) is 3.77. The molecule has 1 aromatic heterocycles. The Labute approximate surface area is 192 Å². The third-order valence-electron chi connectivity index (χ3n) is 5.56. The Bertz CT molecular complexity index is 1100. The SMILES string of the molecule is Cc1cccc(Cc2ccc(OC(=O)N3CCC(Oc4ccc(C(=O)O)cc4)CC3)cc2)n1. The predicted octanol–water partition coefficient (Wildman–Crippen LogP) is 4.72. The smallest absolute Gasteiger partial charge is 0.415 e. The summed E-state index contributed by atoms with van der Waals surface area (Å²) in [5, 5.41) is 8.97. The van der Waals surface area contributed by atoms with Crippen LogP contribution in [-0.4, -0.2) is 46.2 Å². The number of piperidine rings is 1. The number of likely N-dealkylation sites (tertiary alicyclic amines) is 1. The van der Waals surface area contributed by atoms with Gasteiger partial charge in [0.25, 0.3) is 0 Å². The molecule has 2 aromatic carbocycles. The molecule has 1 aliphatic rings. The van der Waals surface area contributed by atoms with Gasteiger partial charge < -0.3 is 19.5 Å². The maximum Gasteiger partial charge on any atom is 0.415 e. The van der Waals surface area contributed by atoms with Crippen molar-refractivity contribution in [1.29, 1.82) is 0 Å². The van der Waals surface area contributed by atoms with Crippen LogP contribution < -0.4 is 9.47 Å². The highest BCUT2D eigenvalue weighted by molar-refractivity contribution is 5.87. The Morgan fingerprint density at radius 2 is 1.64 bits per heavy atom. The summed E-state index contributed by atoms with van der Waals surface area (Å²) in [5.74, 6) is 0.172. The monoisotopic (exact) mass is 446 g/mol. The summed E-state index contributed by atoms with van der Waals surface area (Å²) in [6.45, 7) is 3.04. The largest absolute Gasteiger partial charge is 0.490 e. The molecule has 7 heteroatoms. The third kappa shape index (κ3) is 6.10. The molecule has 1 amide bonds. The van der Waals surface area contributed by atoms with Crippen molar-refractivity contribution in [1.82, 2.24) is 9.88 Å². The normalized spacial score (nSPS) is 14.0. The zero-order chi connectivity index (χ0) is 23.2. The number of hydrogen-bond acceptors (Lipinski definition) is 5. The summed E-state index contributed by atoms with van der Waals surface area (Å²) in [6, 6.07) is 19.8. The van der Waals surface area contributed by atoms with E-state index in [1.54, 1.807) is 29.2 Å². The number of aryl methyl sites for hydroxylation is 1. The molecule has 3 aromatic rings. The Hall–Kier alpha value is -3.87. The van der Waals surface area contributed by atoms with Gasteiger partial charge >= 0.3 is 12.1 Å². The van der Waals surface area contributed by atoms with Crippen LogP contribution in [0.25, 0.3) is 0 Å². The van der Waals surface area contributed by atoms with E-state index >= 15 is 0 Å². The van der Waals surface area contributed by atoms with Crippen LogP contribution in [0.2, 0.25) is 0 Å².